The Morgan fingerprint density at radius 2 is 1.70 bits per heavy atom. The van der Waals surface area contributed by atoms with Gasteiger partial charge < -0.3 is 15.4 Å². The van der Waals surface area contributed by atoms with Gasteiger partial charge >= 0.3 is 6.03 Å². The SMILES string of the molecule is CCc1ccccc1NC(=O)CN1C(=O)N/C(=C/c2cc(Br)c(OCc3ccccc3Cl)c(Br)c2)C1=O. The minimum absolute atomic E-state index is 0.0651. The zero-order chi connectivity index (χ0) is 26.5. The number of carbonyl (C=O) groups is 3. The van der Waals surface area contributed by atoms with Crippen LogP contribution in [0.3, 0.4) is 0 Å². The van der Waals surface area contributed by atoms with Crippen molar-refractivity contribution in [1.29, 1.82) is 0 Å². The molecule has 3 aromatic rings. The van der Waals surface area contributed by atoms with Crippen LogP contribution in [0.2, 0.25) is 5.02 Å². The first kappa shape index (κ1) is 26.9. The lowest BCUT2D eigenvalue weighted by Gasteiger charge is -2.14. The van der Waals surface area contributed by atoms with Crippen LogP contribution in [0.4, 0.5) is 10.5 Å². The Balaban J connectivity index is 1.45. The second-order valence-corrected chi connectivity index (χ2v) is 10.2. The van der Waals surface area contributed by atoms with Gasteiger partial charge in [0.1, 0.15) is 24.6 Å². The molecule has 0 atom stereocenters. The number of carbonyl (C=O) groups excluding carboxylic acids is 3. The summed E-state index contributed by atoms with van der Waals surface area (Å²) in [6.07, 6.45) is 2.28. The number of hydrogen-bond acceptors (Lipinski definition) is 4. The Bertz CT molecular complexity index is 1390. The highest BCUT2D eigenvalue weighted by atomic mass is 79.9. The predicted octanol–water partition coefficient (Wildman–Crippen LogP) is 6.54. The number of imide groups is 1. The summed E-state index contributed by atoms with van der Waals surface area (Å²) in [5, 5.41) is 5.93. The largest absolute Gasteiger partial charge is 0.486 e. The van der Waals surface area contributed by atoms with Gasteiger partial charge in [0, 0.05) is 16.3 Å². The normalized spacial score (nSPS) is 14.2. The molecule has 1 aliphatic rings. The number of hydrogen-bond donors (Lipinski definition) is 2. The van der Waals surface area contributed by atoms with Crippen LogP contribution in [0.1, 0.15) is 23.6 Å². The molecule has 1 heterocycles. The molecule has 0 radical (unpaired) electrons. The summed E-state index contributed by atoms with van der Waals surface area (Å²) in [5.74, 6) is -0.485. The number of nitrogens with one attached hydrogen (secondary N) is 2. The van der Waals surface area contributed by atoms with Crippen LogP contribution >= 0.6 is 43.5 Å². The zero-order valence-corrected chi connectivity index (χ0v) is 23.6. The Labute approximate surface area is 236 Å². The van der Waals surface area contributed by atoms with Crippen molar-refractivity contribution in [2.45, 2.75) is 20.0 Å². The van der Waals surface area contributed by atoms with E-state index in [0.29, 0.717) is 31.0 Å². The predicted molar refractivity (Wildman–Crippen MR) is 150 cm³/mol. The van der Waals surface area contributed by atoms with Gasteiger partial charge in [-0.15, -0.1) is 0 Å². The van der Waals surface area contributed by atoms with Gasteiger partial charge in [-0.1, -0.05) is 54.9 Å². The fraction of sp³-hybridized carbons (Fsp3) is 0.148. The van der Waals surface area contributed by atoms with E-state index in [2.05, 4.69) is 42.5 Å². The van der Waals surface area contributed by atoms with Crippen molar-refractivity contribution in [3.8, 4) is 5.75 Å². The van der Waals surface area contributed by atoms with Crippen molar-refractivity contribution >= 4 is 73.1 Å². The highest BCUT2D eigenvalue weighted by molar-refractivity contribution is 9.11. The van der Waals surface area contributed by atoms with Crippen LogP contribution in [0, 0.1) is 0 Å². The van der Waals surface area contributed by atoms with E-state index in [1.807, 2.05) is 43.3 Å². The number of aryl methyl sites for hydroxylation is 1. The molecule has 1 saturated heterocycles. The summed E-state index contributed by atoms with van der Waals surface area (Å²) < 4.78 is 7.22. The van der Waals surface area contributed by atoms with Gasteiger partial charge in [0.05, 0.1) is 8.95 Å². The van der Waals surface area contributed by atoms with Gasteiger partial charge in [0.2, 0.25) is 5.91 Å². The fourth-order valence-corrected chi connectivity index (χ4v) is 5.37. The molecule has 37 heavy (non-hydrogen) atoms. The van der Waals surface area contributed by atoms with Crippen LogP contribution in [0.15, 0.2) is 75.3 Å². The molecule has 1 fully saturated rings. The van der Waals surface area contributed by atoms with Gasteiger partial charge in [0.25, 0.3) is 5.91 Å². The van der Waals surface area contributed by atoms with Gasteiger partial charge in [-0.05, 0) is 79.7 Å². The van der Waals surface area contributed by atoms with Crippen molar-refractivity contribution < 1.29 is 19.1 Å². The summed E-state index contributed by atoms with van der Waals surface area (Å²) >= 11 is 13.2. The Morgan fingerprint density at radius 3 is 2.38 bits per heavy atom. The maximum atomic E-state index is 12.9. The Hall–Kier alpha value is -3.14. The van der Waals surface area contributed by atoms with E-state index in [-0.39, 0.29) is 12.3 Å². The minimum Gasteiger partial charge on any atom is -0.486 e. The van der Waals surface area contributed by atoms with Gasteiger partial charge in [0.15, 0.2) is 0 Å². The molecule has 0 spiro atoms. The molecule has 0 saturated carbocycles. The van der Waals surface area contributed by atoms with E-state index >= 15 is 0 Å². The monoisotopic (exact) mass is 645 g/mol. The molecule has 3 aromatic carbocycles. The van der Waals surface area contributed by atoms with Crippen LogP contribution in [-0.4, -0.2) is 29.3 Å². The van der Waals surface area contributed by atoms with Crippen molar-refractivity contribution in [2.24, 2.45) is 0 Å². The highest BCUT2D eigenvalue weighted by Gasteiger charge is 2.35. The maximum absolute atomic E-state index is 12.9. The molecular formula is C27H22Br2ClN3O4. The summed E-state index contributed by atoms with van der Waals surface area (Å²) in [4.78, 5) is 38.8. The van der Waals surface area contributed by atoms with Gasteiger partial charge in [-0.25, -0.2) is 9.69 Å². The molecular weight excluding hydrogens is 626 g/mol. The maximum Gasteiger partial charge on any atom is 0.329 e. The summed E-state index contributed by atoms with van der Waals surface area (Å²) in [5.41, 5.74) is 3.16. The third-order valence-corrected chi connectivity index (χ3v) is 7.14. The standard InChI is InChI=1S/C27H22Br2ClN3O4/c1-2-17-7-4-6-10-22(17)31-24(34)14-33-26(35)23(32-27(33)36)13-16-11-19(28)25(20(29)12-16)37-15-18-8-3-5-9-21(18)30/h3-13H,2,14-15H2,1H3,(H,31,34)(H,32,36)/b23-13+. The molecule has 4 rings (SSSR count). The number of anilines is 1. The third-order valence-electron chi connectivity index (χ3n) is 5.60. The second kappa shape index (κ2) is 11.9. The molecule has 0 bridgehead atoms. The average molecular weight is 648 g/mol. The Morgan fingerprint density at radius 1 is 1.05 bits per heavy atom. The second-order valence-electron chi connectivity index (χ2n) is 8.13. The number of rotatable bonds is 8. The quantitative estimate of drug-likeness (QED) is 0.215. The average Bonchev–Trinajstić information content (AvgIpc) is 3.12. The van der Waals surface area contributed by atoms with E-state index in [9.17, 15) is 14.4 Å². The molecule has 0 aliphatic carbocycles. The number of amides is 4. The van der Waals surface area contributed by atoms with Crippen molar-refractivity contribution in [3.63, 3.8) is 0 Å². The van der Waals surface area contributed by atoms with Crippen molar-refractivity contribution in [1.82, 2.24) is 10.2 Å². The van der Waals surface area contributed by atoms with E-state index in [0.717, 1.165) is 22.4 Å². The molecule has 0 aromatic heterocycles. The number of nitrogens with zero attached hydrogens (tertiary/aromatic N) is 1. The third kappa shape index (κ3) is 6.41. The minimum atomic E-state index is -0.659. The molecule has 2 N–H and O–H groups in total. The topological polar surface area (TPSA) is 87.7 Å². The lowest BCUT2D eigenvalue weighted by molar-refractivity contribution is -0.127. The van der Waals surface area contributed by atoms with Crippen molar-refractivity contribution in [3.05, 3.63) is 97.0 Å². The van der Waals surface area contributed by atoms with Crippen LogP contribution < -0.4 is 15.4 Å². The molecule has 4 amide bonds. The Kier molecular flexibility index (Phi) is 8.68. The number of benzene rings is 3. The number of halogens is 3. The first-order chi connectivity index (χ1) is 17.8. The number of para-hydroxylation sites is 1. The number of ether oxygens (including phenoxy) is 1. The molecule has 190 valence electrons. The van der Waals surface area contributed by atoms with E-state index in [4.69, 9.17) is 16.3 Å². The van der Waals surface area contributed by atoms with E-state index in [1.54, 1.807) is 24.3 Å². The summed E-state index contributed by atoms with van der Waals surface area (Å²) in [6.45, 7) is 1.85. The van der Waals surface area contributed by atoms with E-state index < -0.39 is 24.4 Å². The highest BCUT2D eigenvalue weighted by Crippen LogP contribution is 2.36. The lowest BCUT2D eigenvalue weighted by atomic mass is 10.1. The van der Waals surface area contributed by atoms with Gasteiger partial charge in [-0.3, -0.25) is 9.59 Å². The smallest absolute Gasteiger partial charge is 0.329 e. The number of urea groups is 1. The lowest BCUT2D eigenvalue weighted by Crippen LogP contribution is -2.38. The molecule has 1 aliphatic heterocycles. The summed E-state index contributed by atoms with van der Waals surface area (Å²) in [7, 11) is 0. The van der Waals surface area contributed by atoms with Crippen LogP contribution in [-0.2, 0) is 22.6 Å². The first-order valence-electron chi connectivity index (χ1n) is 11.3. The molecule has 10 heteroatoms. The van der Waals surface area contributed by atoms with Crippen molar-refractivity contribution in [2.75, 3.05) is 11.9 Å². The first-order valence-corrected chi connectivity index (χ1v) is 13.3. The molecule has 0 unspecified atom stereocenters. The van der Waals surface area contributed by atoms with Crippen LogP contribution in [0.5, 0.6) is 5.75 Å². The fourth-order valence-electron chi connectivity index (χ4n) is 3.73. The zero-order valence-electron chi connectivity index (χ0n) is 19.7. The van der Waals surface area contributed by atoms with E-state index in [1.165, 1.54) is 6.08 Å². The van der Waals surface area contributed by atoms with Crippen LogP contribution in [0.25, 0.3) is 6.08 Å². The molecule has 7 nitrogen and oxygen atoms in total. The van der Waals surface area contributed by atoms with Gasteiger partial charge in [-0.2, -0.15) is 0 Å². The summed E-state index contributed by atoms with van der Waals surface area (Å²) in [6, 6.07) is 17.7.